The summed E-state index contributed by atoms with van der Waals surface area (Å²) >= 11 is 0. The molecule has 67 heavy (non-hydrogen) atoms. The van der Waals surface area contributed by atoms with Crippen LogP contribution in [-0.4, -0.2) is 146 Å². The molecule has 0 aliphatic carbocycles. The first-order valence-electron chi connectivity index (χ1n) is 23.7. The lowest BCUT2D eigenvalue weighted by molar-refractivity contribution is -0.318. The zero-order valence-electron chi connectivity index (χ0n) is 42.0. The molecule has 17 atom stereocenters. The van der Waals surface area contributed by atoms with Crippen molar-refractivity contribution < 1.29 is 67.2 Å². The van der Waals surface area contributed by atoms with Crippen LogP contribution < -0.4 is 0 Å². The van der Waals surface area contributed by atoms with Crippen LogP contribution in [-0.2, 0) is 47.4 Å². The molecule has 2 saturated heterocycles. The summed E-state index contributed by atoms with van der Waals surface area (Å²) in [5, 5.41) is 23.7. The third kappa shape index (κ3) is 12.7. The minimum absolute atomic E-state index is 0.0868. The van der Waals surface area contributed by atoms with Gasteiger partial charge in [-0.15, -0.1) is 0 Å². The number of carbonyl (C=O) groups excluding carboxylic acids is 3. The summed E-state index contributed by atoms with van der Waals surface area (Å²) in [7, 11) is 6.92. The van der Waals surface area contributed by atoms with Gasteiger partial charge in [-0.25, -0.2) is 9.59 Å². The number of carbonyl (C=O) groups is 3. The van der Waals surface area contributed by atoms with Crippen LogP contribution in [0.1, 0.15) is 116 Å². The van der Waals surface area contributed by atoms with Gasteiger partial charge in [-0.2, -0.15) is 0 Å². The Morgan fingerprint density at radius 2 is 1.34 bits per heavy atom. The molecule has 2 aromatic carbocycles. The smallest absolute Gasteiger partial charge is 0.338 e. The molecule has 0 saturated carbocycles. The number of aliphatic hydroxyl groups is 2. The van der Waals surface area contributed by atoms with Crippen LogP contribution in [0.3, 0.4) is 0 Å². The Kier molecular flexibility index (Phi) is 18.4. The topological polar surface area (TPSA) is 178 Å². The number of nitrogens with zero attached hydrogens (tertiary/aromatic N) is 1. The summed E-state index contributed by atoms with van der Waals surface area (Å²) in [6, 6.07) is 17.1. The van der Waals surface area contributed by atoms with Gasteiger partial charge in [-0.1, -0.05) is 57.2 Å². The molecule has 5 rings (SSSR count). The fourth-order valence-electron chi connectivity index (χ4n) is 10.3. The molecule has 2 N–H and O–H groups in total. The molecule has 15 heteroatoms. The van der Waals surface area contributed by atoms with Crippen molar-refractivity contribution in [3.63, 3.8) is 0 Å². The number of methoxy groups -OCH3 is 2. The lowest BCUT2D eigenvalue weighted by Crippen LogP contribution is -2.61. The number of hydrogen-bond acceptors (Lipinski definition) is 15. The summed E-state index contributed by atoms with van der Waals surface area (Å²) in [5.41, 5.74) is -2.76. The summed E-state index contributed by atoms with van der Waals surface area (Å²) in [6.45, 7) is 18.0. The first-order chi connectivity index (χ1) is 31.5. The Hall–Kier alpha value is -3.77. The van der Waals surface area contributed by atoms with Crippen molar-refractivity contribution in [2.45, 2.75) is 179 Å². The van der Waals surface area contributed by atoms with E-state index in [4.69, 9.17) is 42.6 Å². The molecular formula is C52H77NO14. The number of ether oxygens (including phenoxy) is 9. The van der Waals surface area contributed by atoms with Crippen molar-refractivity contribution in [1.29, 1.82) is 0 Å². The first-order valence-corrected chi connectivity index (χ1v) is 23.7. The van der Waals surface area contributed by atoms with Gasteiger partial charge < -0.3 is 57.7 Å². The molecule has 3 aliphatic heterocycles. The number of esters is 3. The maximum absolute atomic E-state index is 14.6. The van der Waals surface area contributed by atoms with Gasteiger partial charge in [-0.05, 0) is 124 Å². The molecule has 3 heterocycles. The van der Waals surface area contributed by atoms with Crippen molar-refractivity contribution in [3.8, 4) is 0 Å². The Bertz CT molecular complexity index is 1960. The molecule has 0 amide bonds. The highest BCUT2D eigenvalue weighted by atomic mass is 16.7. The van der Waals surface area contributed by atoms with E-state index in [2.05, 4.69) is 0 Å². The fraction of sp³-hybridized carbons (Fsp3) is 0.673. The van der Waals surface area contributed by atoms with Gasteiger partial charge in [0.2, 0.25) is 0 Å². The average molecular weight is 940 g/mol. The highest BCUT2D eigenvalue weighted by Crippen LogP contribution is 2.42. The predicted octanol–water partition coefficient (Wildman–Crippen LogP) is 6.91. The molecule has 2 aromatic rings. The van der Waals surface area contributed by atoms with Crippen LogP contribution in [0.4, 0.5) is 0 Å². The van der Waals surface area contributed by atoms with Crippen molar-refractivity contribution in [3.05, 3.63) is 83.4 Å². The van der Waals surface area contributed by atoms with E-state index in [9.17, 15) is 24.6 Å². The molecule has 3 aliphatic rings. The Morgan fingerprint density at radius 3 is 1.88 bits per heavy atom. The van der Waals surface area contributed by atoms with Crippen molar-refractivity contribution in [1.82, 2.24) is 4.90 Å². The highest BCUT2D eigenvalue weighted by molar-refractivity contribution is 5.90. The molecule has 374 valence electrons. The number of rotatable bonds is 12. The standard InChI is InChI=1S/C52H77NO14/c1-15-39-50(8,58)27-30(2)41(54)31(3)28-51(9,59-13)44(67-49-43(38(53(11)12)26-32(4)61-49)65-47(56)36-22-18-16-19-23-36)33(5)42(34(6)46(55)63-39)64-40-29-52(10,60-14)45(35(7)62-40)66-48(57)37-24-20-17-21-25-37/h16-25,27,31-35,38-45,49,54,58H,15,26,28-29H2,1-14H3/b30-27+/t31-,32-,33+,34-,35+,38+,39-,40+,41-,42+,43-,44-,45+,49+,50+,51-,52-/m1/s1. The SMILES string of the molecule is CC[C@H]1OC(=O)[C@H](C)[C@@H](O[C@H]2C[C@@](C)(OC)[C@@H](OC(=O)c3ccccc3)[C@H](C)O2)[C@H](C)[C@@H](O[C@@H]2O[C@H](C)C[C@H](N(C)C)[C@H]2OC(=O)c2ccccc2)[C@](C)(OC)C[C@@H](C)[C@H](O)/C(C)=C/[C@]1(C)O. The van der Waals surface area contributed by atoms with E-state index < -0.39 is 108 Å². The molecule has 2 fully saturated rings. The Labute approximate surface area is 397 Å². The fourth-order valence-corrected chi connectivity index (χ4v) is 10.3. The third-order valence-corrected chi connectivity index (χ3v) is 14.2. The summed E-state index contributed by atoms with van der Waals surface area (Å²) in [5.74, 6) is -3.98. The zero-order chi connectivity index (χ0) is 49.6. The second-order valence-corrected chi connectivity index (χ2v) is 19.9. The van der Waals surface area contributed by atoms with Gasteiger partial charge >= 0.3 is 17.9 Å². The minimum Gasteiger partial charge on any atom is -0.459 e. The number of likely N-dealkylation sites (N-methyl/N-ethyl adjacent to an activating group) is 1. The van der Waals surface area contributed by atoms with E-state index in [0.717, 1.165) is 0 Å². The second kappa shape index (κ2) is 22.8. The number of cyclic esters (lactones) is 1. The molecule has 0 bridgehead atoms. The lowest BCUT2D eigenvalue weighted by atomic mass is 9.75. The molecule has 0 radical (unpaired) electrons. The number of benzene rings is 2. The van der Waals surface area contributed by atoms with Crippen molar-refractivity contribution in [2.24, 2.45) is 17.8 Å². The number of hydrogen-bond donors (Lipinski definition) is 2. The largest absolute Gasteiger partial charge is 0.459 e. The molecule has 0 aromatic heterocycles. The van der Waals surface area contributed by atoms with Gasteiger partial charge in [0.25, 0.3) is 0 Å². The summed E-state index contributed by atoms with van der Waals surface area (Å²) in [4.78, 5) is 43.8. The van der Waals surface area contributed by atoms with Crippen LogP contribution in [0.15, 0.2) is 72.3 Å². The normalized spacial score (nSPS) is 39.9. The lowest BCUT2D eigenvalue weighted by Gasteiger charge is -2.50. The van der Waals surface area contributed by atoms with Crippen LogP contribution in [0, 0.1) is 17.8 Å². The van der Waals surface area contributed by atoms with E-state index in [1.165, 1.54) is 7.11 Å². The van der Waals surface area contributed by atoms with Crippen molar-refractivity contribution in [2.75, 3.05) is 28.3 Å². The second-order valence-electron chi connectivity index (χ2n) is 19.9. The molecule has 0 spiro atoms. The zero-order valence-corrected chi connectivity index (χ0v) is 42.0. The summed E-state index contributed by atoms with van der Waals surface area (Å²) in [6.07, 6.45) is -6.40. The van der Waals surface area contributed by atoms with Crippen LogP contribution in [0.5, 0.6) is 0 Å². The van der Waals surface area contributed by atoms with E-state index in [-0.39, 0.29) is 31.4 Å². The van der Waals surface area contributed by atoms with E-state index in [1.54, 1.807) is 89.4 Å². The maximum atomic E-state index is 14.6. The van der Waals surface area contributed by atoms with Crippen LogP contribution >= 0.6 is 0 Å². The van der Waals surface area contributed by atoms with Crippen molar-refractivity contribution >= 4 is 17.9 Å². The van der Waals surface area contributed by atoms with Gasteiger partial charge in [0.15, 0.2) is 24.8 Å². The van der Waals surface area contributed by atoms with Gasteiger partial charge in [0.05, 0.1) is 59.2 Å². The maximum Gasteiger partial charge on any atom is 0.338 e. The average Bonchev–Trinajstić information content (AvgIpc) is 3.29. The summed E-state index contributed by atoms with van der Waals surface area (Å²) < 4.78 is 58.6. The predicted molar refractivity (Wildman–Crippen MR) is 250 cm³/mol. The molecular weight excluding hydrogens is 863 g/mol. The van der Waals surface area contributed by atoms with Gasteiger partial charge in [0.1, 0.15) is 17.3 Å². The first kappa shape index (κ1) is 54.2. The van der Waals surface area contributed by atoms with Crippen LogP contribution in [0.25, 0.3) is 0 Å². The van der Waals surface area contributed by atoms with E-state index >= 15 is 0 Å². The number of aliphatic hydroxyl groups excluding tert-OH is 1. The van der Waals surface area contributed by atoms with Gasteiger partial charge in [-0.3, -0.25) is 4.79 Å². The van der Waals surface area contributed by atoms with E-state index in [1.807, 2.05) is 72.7 Å². The quantitative estimate of drug-likeness (QED) is 0.127. The Morgan fingerprint density at radius 1 is 0.791 bits per heavy atom. The monoisotopic (exact) mass is 940 g/mol. The van der Waals surface area contributed by atoms with Crippen LogP contribution in [0.2, 0.25) is 0 Å². The Balaban J connectivity index is 1.62. The highest BCUT2D eigenvalue weighted by Gasteiger charge is 2.54. The molecule has 15 nitrogen and oxygen atoms in total. The van der Waals surface area contributed by atoms with Gasteiger partial charge in [0, 0.05) is 26.6 Å². The minimum atomic E-state index is -1.64. The van der Waals surface area contributed by atoms with E-state index in [0.29, 0.717) is 23.1 Å². The third-order valence-electron chi connectivity index (χ3n) is 14.2. The molecule has 0 unspecified atom stereocenters.